The molecule has 0 radical (unpaired) electrons. The molecule has 0 amide bonds. The molecule has 0 bridgehead atoms. The Morgan fingerprint density at radius 1 is 0.810 bits per heavy atom. The molecule has 128 valence electrons. The molecule has 0 aromatic heterocycles. The summed E-state index contributed by atoms with van der Waals surface area (Å²) in [4.78, 5) is 0. The summed E-state index contributed by atoms with van der Waals surface area (Å²) in [5.74, 6) is 1.26. The molecule has 1 nitrogen and oxygen atoms in total. The van der Waals surface area contributed by atoms with Gasteiger partial charge in [0.15, 0.2) is 0 Å². The minimum absolute atomic E-state index is 0.394. The molecule has 1 N–H and O–H groups in total. The summed E-state index contributed by atoms with van der Waals surface area (Å²) in [6.07, 6.45) is 14.0. The van der Waals surface area contributed by atoms with Gasteiger partial charge >= 0.3 is 0 Å². The number of unbranched alkanes of at least 4 members (excludes halogenated alkanes) is 7. The molecular weight excluding hydrogens is 274 g/mol. The van der Waals surface area contributed by atoms with Crippen LogP contribution in [0.4, 0.5) is 0 Å². The highest BCUT2D eigenvalue weighted by Gasteiger charge is 2.15. The Hall–Kier alpha value is 0.310. The van der Waals surface area contributed by atoms with Gasteiger partial charge in [0.05, 0.1) is 0 Å². The molecule has 0 fully saturated rings. The van der Waals surface area contributed by atoms with Crippen molar-refractivity contribution in [1.29, 1.82) is 0 Å². The van der Waals surface area contributed by atoms with Crippen LogP contribution in [0.15, 0.2) is 0 Å². The first-order chi connectivity index (χ1) is 9.99. The predicted octanol–water partition coefficient (Wildman–Crippen LogP) is 6.42. The predicted molar refractivity (Wildman–Crippen MR) is 102 cm³/mol. The third-order valence-electron chi connectivity index (χ3n) is 3.81. The maximum Gasteiger partial charge on any atom is 0.0158 e. The first-order valence-electron chi connectivity index (χ1n) is 9.37. The van der Waals surface area contributed by atoms with Crippen LogP contribution in [-0.4, -0.2) is 23.1 Å². The SMILES string of the molecule is CCCCCCCCCCC(CSC(C)(C)C)NCCC. The lowest BCUT2D eigenvalue weighted by Gasteiger charge is -2.24. The second-order valence-corrected chi connectivity index (χ2v) is 9.18. The number of hydrogen-bond acceptors (Lipinski definition) is 2. The fraction of sp³-hybridized carbons (Fsp3) is 1.00. The molecule has 0 spiro atoms. The minimum atomic E-state index is 0.394. The van der Waals surface area contributed by atoms with Gasteiger partial charge in [0.1, 0.15) is 0 Å². The highest BCUT2D eigenvalue weighted by Crippen LogP contribution is 2.25. The molecule has 1 atom stereocenters. The van der Waals surface area contributed by atoms with Gasteiger partial charge in [-0.2, -0.15) is 11.8 Å². The molecule has 2 heteroatoms. The van der Waals surface area contributed by atoms with Gasteiger partial charge in [-0.15, -0.1) is 0 Å². The molecule has 0 heterocycles. The molecule has 0 aromatic carbocycles. The monoisotopic (exact) mass is 315 g/mol. The lowest BCUT2D eigenvalue weighted by molar-refractivity contribution is 0.480. The van der Waals surface area contributed by atoms with E-state index in [1.54, 1.807) is 0 Å². The lowest BCUT2D eigenvalue weighted by atomic mass is 10.1. The zero-order valence-corrected chi connectivity index (χ0v) is 16.3. The molecule has 0 rings (SSSR count). The van der Waals surface area contributed by atoms with Crippen molar-refractivity contribution in [2.75, 3.05) is 12.3 Å². The Bertz CT molecular complexity index is 210. The van der Waals surface area contributed by atoms with E-state index in [1.165, 1.54) is 76.5 Å². The second kappa shape index (κ2) is 13.9. The van der Waals surface area contributed by atoms with Crippen molar-refractivity contribution in [3.05, 3.63) is 0 Å². The fourth-order valence-electron chi connectivity index (χ4n) is 2.47. The fourth-order valence-corrected chi connectivity index (χ4v) is 3.45. The van der Waals surface area contributed by atoms with Crippen LogP contribution in [0.5, 0.6) is 0 Å². The maximum absolute atomic E-state index is 3.74. The number of hydrogen-bond donors (Lipinski definition) is 1. The zero-order chi connectivity index (χ0) is 16.0. The van der Waals surface area contributed by atoms with E-state index >= 15 is 0 Å². The summed E-state index contributed by atoms with van der Waals surface area (Å²) < 4.78 is 0.394. The van der Waals surface area contributed by atoms with Crippen molar-refractivity contribution in [2.24, 2.45) is 0 Å². The van der Waals surface area contributed by atoms with Crippen molar-refractivity contribution < 1.29 is 0 Å². The largest absolute Gasteiger partial charge is 0.313 e. The summed E-state index contributed by atoms with van der Waals surface area (Å²) in [6.45, 7) is 12.7. The van der Waals surface area contributed by atoms with E-state index in [0.29, 0.717) is 10.8 Å². The summed E-state index contributed by atoms with van der Waals surface area (Å²) in [7, 11) is 0. The summed E-state index contributed by atoms with van der Waals surface area (Å²) >= 11 is 2.11. The molecule has 21 heavy (non-hydrogen) atoms. The van der Waals surface area contributed by atoms with E-state index < -0.39 is 0 Å². The van der Waals surface area contributed by atoms with Crippen LogP contribution in [0.25, 0.3) is 0 Å². The number of nitrogens with one attached hydrogen (secondary N) is 1. The number of thioether (sulfide) groups is 1. The van der Waals surface area contributed by atoms with Crippen molar-refractivity contribution in [3.63, 3.8) is 0 Å². The van der Waals surface area contributed by atoms with Crippen LogP contribution >= 0.6 is 11.8 Å². The quantitative estimate of drug-likeness (QED) is 0.371. The lowest BCUT2D eigenvalue weighted by Crippen LogP contribution is -2.33. The Balaban J connectivity index is 3.65. The van der Waals surface area contributed by atoms with Gasteiger partial charge in [-0.1, -0.05) is 86.0 Å². The van der Waals surface area contributed by atoms with Crippen molar-refractivity contribution in [3.8, 4) is 0 Å². The Morgan fingerprint density at radius 2 is 1.38 bits per heavy atom. The first-order valence-corrected chi connectivity index (χ1v) is 10.4. The van der Waals surface area contributed by atoms with E-state index in [4.69, 9.17) is 0 Å². The van der Waals surface area contributed by atoms with Gasteiger partial charge in [-0.05, 0) is 19.4 Å². The van der Waals surface area contributed by atoms with Crippen LogP contribution in [0, 0.1) is 0 Å². The van der Waals surface area contributed by atoms with Gasteiger partial charge in [0, 0.05) is 16.5 Å². The molecule has 0 aromatic rings. The van der Waals surface area contributed by atoms with E-state index in [1.807, 2.05) is 0 Å². The van der Waals surface area contributed by atoms with E-state index in [9.17, 15) is 0 Å². The smallest absolute Gasteiger partial charge is 0.0158 e. The highest BCUT2D eigenvalue weighted by atomic mass is 32.2. The normalized spacial score (nSPS) is 13.6. The van der Waals surface area contributed by atoms with Crippen LogP contribution in [0.1, 0.15) is 98.8 Å². The molecular formula is C19H41NS. The topological polar surface area (TPSA) is 12.0 Å². The van der Waals surface area contributed by atoms with Crippen LogP contribution in [0.3, 0.4) is 0 Å². The highest BCUT2D eigenvalue weighted by molar-refractivity contribution is 8.00. The third-order valence-corrected chi connectivity index (χ3v) is 5.24. The van der Waals surface area contributed by atoms with Gasteiger partial charge in [0.2, 0.25) is 0 Å². The van der Waals surface area contributed by atoms with Gasteiger partial charge in [0.25, 0.3) is 0 Å². The Labute approximate surface area is 139 Å². The average Bonchev–Trinajstić information content (AvgIpc) is 2.42. The van der Waals surface area contributed by atoms with E-state index in [-0.39, 0.29) is 0 Å². The van der Waals surface area contributed by atoms with Gasteiger partial charge in [-0.25, -0.2) is 0 Å². The van der Waals surface area contributed by atoms with Crippen LogP contribution in [0.2, 0.25) is 0 Å². The van der Waals surface area contributed by atoms with Crippen molar-refractivity contribution in [2.45, 2.75) is 110 Å². The molecule has 0 aliphatic heterocycles. The average molecular weight is 316 g/mol. The molecule has 0 saturated carbocycles. The third kappa shape index (κ3) is 16.5. The zero-order valence-electron chi connectivity index (χ0n) is 15.5. The van der Waals surface area contributed by atoms with Crippen molar-refractivity contribution in [1.82, 2.24) is 5.32 Å². The van der Waals surface area contributed by atoms with Gasteiger partial charge < -0.3 is 5.32 Å². The van der Waals surface area contributed by atoms with E-state index in [0.717, 1.165) is 0 Å². The summed E-state index contributed by atoms with van der Waals surface area (Å²) in [5, 5.41) is 3.74. The summed E-state index contributed by atoms with van der Waals surface area (Å²) in [6, 6.07) is 0.717. The Morgan fingerprint density at radius 3 is 1.90 bits per heavy atom. The molecule has 0 aliphatic rings. The van der Waals surface area contributed by atoms with E-state index in [2.05, 4.69) is 51.7 Å². The molecule has 0 aliphatic carbocycles. The molecule has 1 unspecified atom stereocenters. The first kappa shape index (κ1) is 21.3. The van der Waals surface area contributed by atoms with Crippen LogP contribution in [-0.2, 0) is 0 Å². The Kier molecular flexibility index (Phi) is 14.1. The minimum Gasteiger partial charge on any atom is -0.313 e. The maximum atomic E-state index is 3.74. The van der Waals surface area contributed by atoms with Crippen LogP contribution < -0.4 is 5.32 Å². The number of rotatable bonds is 14. The summed E-state index contributed by atoms with van der Waals surface area (Å²) in [5.41, 5.74) is 0. The standard InChI is InChI=1S/C19H41NS/c1-6-8-9-10-11-12-13-14-15-18(20-16-7-2)17-21-19(3,4)5/h18,20H,6-17H2,1-5H3. The second-order valence-electron chi connectivity index (χ2n) is 7.34. The van der Waals surface area contributed by atoms with Gasteiger partial charge in [-0.3, -0.25) is 0 Å². The molecule has 0 saturated heterocycles. The van der Waals surface area contributed by atoms with Crippen molar-refractivity contribution >= 4 is 11.8 Å².